The molecule has 32 heavy (non-hydrogen) atoms. The maximum atomic E-state index is 12.5. The molecule has 166 valence electrons. The molecule has 0 bridgehead atoms. The van der Waals surface area contributed by atoms with E-state index >= 15 is 0 Å². The molecule has 0 atom stereocenters. The molecule has 2 heterocycles. The van der Waals surface area contributed by atoms with Crippen molar-refractivity contribution in [1.29, 1.82) is 0 Å². The first-order valence-electron chi connectivity index (χ1n) is 8.98. The van der Waals surface area contributed by atoms with E-state index in [0.29, 0.717) is 33.8 Å². The Hall–Kier alpha value is -3.70. The van der Waals surface area contributed by atoms with E-state index in [4.69, 9.17) is 9.47 Å². The zero-order valence-electron chi connectivity index (χ0n) is 16.0. The third kappa shape index (κ3) is 3.41. The minimum Gasteiger partial charge on any atom is -0.508 e. The zero-order valence-corrected chi connectivity index (χ0v) is 16.8. The lowest BCUT2D eigenvalue weighted by molar-refractivity contribution is 0.00125. The minimum absolute atomic E-state index is 0.0371. The van der Waals surface area contributed by atoms with Gasteiger partial charge in [-0.1, -0.05) is 22.6 Å². The highest BCUT2D eigenvalue weighted by molar-refractivity contribution is 7.86. The molecule has 0 amide bonds. The molecule has 0 unspecified atom stereocenters. The Morgan fingerprint density at radius 1 is 0.906 bits per heavy atom. The van der Waals surface area contributed by atoms with Crippen LogP contribution in [0.2, 0.25) is 0 Å². The highest BCUT2D eigenvalue weighted by Crippen LogP contribution is 2.56. The Morgan fingerprint density at radius 3 is 1.97 bits per heavy atom. The molecule has 2 aliphatic heterocycles. The van der Waals surface area contributed by atoms with Gasteiger partial charge in [-0.05, 0) is 34.9 Å². The smallest absolute Gasteiger partial charge is 0.340 e. The first-order chi connectivity index (χ1) is 15.2. The predicted octanol–water partition coefficient (Wildman–Crippen LogP) is 3.81. The maximum Gasteiger partial charge on any atom is 0.340 e. The number of hydrogen-bond donors (Lipinski definition) is 2. The number of carbonyl (C=O) groups is 1. The van der Waals surface area contributed by atoms with Gasteiger partial charge in [0, 0.05) is 28.8 Å². The van der Waals surface area contributed by atoms with E-state index in [1.807, 2.05) is 12.1 Å². The number of hydrogen-bond acceptors (Lipinski definition) is 8. The Kier molecular flexibility index (Phi) is 5.23. The van der Waals surface area contributed by atoms with Gasteiger partial charge >= 0.3 is 16.1 Å². The van der Waals surface area contributed by atoms with Crippen molar-refractivity contribution in [2.45, 2.75) is 5.60 Å². The normalized spacial score (nSPS) is 14.9. The van der Waals surface area contributed by atoms with Crippen LogP contribution in [0, 0.1) is 0 Å². The fourth-order valence-electron chi connectivity index (χ4n) is 3.67. The summed E-state index contributed by atoms with van der Waals surface area (Å²) in [4.78, 5) is 12.5. The van der Waals surface area contributed by atoms with Crippen molar-refractivity contribution in [2.75, 3.05) is 6.01 Å². The van der Waals surface area contributed by atoms with Crippen molar-refractivity contribution in [3.8, 4) is 23.0 Å². The number of benzene rings is 3. The molecule has 5 rings (SSSR count). The Bertz CT molecular complexity index is 1260. The van der Waals surface area contributed by atoms with Crippen molar-refractivity contribution < 1.29 is 46.2 Å². The molecule has 0 saturated heterocycles. The van der Waals surface area contributed by atoms with Crippen molar-refractivity contribution >= 4 is 16.1 Å². The van der Waals surface area contributed by atoms with Crippen LogP contribution in [0.15, 0.2) is 60.7 Å². The second-order valence-electron chi connectivity index (χ2n) is 6.81. The van der Waals surface area contributed by atoms with E-state index in [1.54, 1.807) is 24.3 Å². The molecular weight excluding hydrogens is 450 g/mol. The fourth-order valence-corrected chi connectivity index (χ4v) is 3.70. The highest BCUT2D eigenvalue weighted by Gasteiger charge is 2.53. The Labute approximate surface area is 180 Å². The summed E-state index contributed by atoms with van der Waals surface area (Å²) in [5, 5.41) is 19.7. The summed E-state index contributed by atoms with van der Waals surface area (Å²) < 4.78 is 54.0. The molecule has 2 aliphatic rings. The van der Waals surface area contributed by atoms with E-state index in [-0.39, 0.29) is 11.5 Å². The summed E-state index contributed by atoms with van der Waals surface area (Å²) in [7, 11) is -4.49. The van der Waals surface area contributed by atoms with Gasteiger partial charge in [-0.2, -0.15) is 8.42 Å². The third-order valence-electron chi connectivity index (χ3n) is 4.91. The molecule has 2 N–H and O–H groups in total. The number of esters is 1. The van der Waals surface area contributed by atoms with Crippen LogP contribution in [0.5, 0.6) is 23.0 Å². The quantitative estimate of drug-likeness (QED) is 0.550. The van der Waals surface area contributed by atoms with E-state index in [2.05, 4.69) is 4.39 Å². The number of carbonyl (C=O) groups excluding carboxylic acids is 1. The number of halogens is 2. The Morgan fingerprint density at radius 2 is 1.47 bits per heavy atom. The zero-order chi connectivity index (χ0) is 23.1. The second kappa shape index (κ2) is 7.77. The van der Waals surface area contributed by atoms with Gasteiger partial charge in [-0.15, -0.1) is 0 Å². The van der Waals surface area contributed by atoms with Gasteiger partial charge in [-0.3, -0.25) is 0 Å². The summed E-state index contributed by atoms with van der Waals surface area (Å²) in [6.07, 6.45) is 0. The van der Waals surface area contributed by atoms with Crippen LogP contribution >= 0.6 is 0 Å². The first kappa shape index (κ1) is 21.5. The van der Waals surface area contributed by atoms with Crippen LogP contribution < -0.4 is 4.74 Å². The molecule has 3 aromatic carbocycles. The van der Waals surface area contributed by atoms with Crippen LogP contribution in [0.1, 0.15) is 27.0 Å². The average molecular weight is 464 g/mol. The lowest BCUT2D eigenvalue weighted by atomic mass is 9.77. The van der Waals surface area contributed by atoms with Crippen molar-refractivity contribution in [3.05, 3.63) is 82.9 Å². The molecule has 0 fully saturated rings. The average Bonchev–Trinajstić information content (AvgIpc) is 3.07. The van der Waals surface area contributed by atoms with E-state index in [0.717, 1.165) is 0 Å². The molecular formula is C21H14F2O8S. The highest BCUT2D eigenvalue weighted by atomic mass is 32.2. The largest absolute Gasteiger partial charge is 0.508 e. The summed E-state index contributed by atoms with van der Waals surface area (Å²) in [6, 6.07) is 14.8. The molecule has 1 spiro atoms. The topological polar surface area (TPSA) is 119 Å². The number of rotatable bonds is 2. The lowest BCUT2D eigenvalue weighted by Gasteiger charge is -2.36. The summed E-state index contributed by atoms with van der Waals surface area (Å²) >= 11 is 0. The number of alkyl halides is 1. The molecule has 0 radical (unpaired) electrons. The number of ether oxygens (including phenoxy) is 2. The number of phenolic OH excluding ortho intramolecular Hbond substituents is 2. The molecule has 0 aliphatic carbocycles. The van der Waals surface area contributed by atoms with Crippen LogP contribution in [0.25, 0.3) is 0 Å². The van der Waals surface area contributed by atoms with Crippen molar-refractivity contribution in [1.82, 2.24) is 0 Å². The van der Waals surface area contributed by atoms with E-state index < -0.39 is 27.7 Å². The van der Waals surface area contributed by atoms with Gasteiger partial charge in [0.1, 0.15) is 23.0 Å². The summed E-state index contributed by atoms with van der Waals surface area (Å²) in [5.74, 6) is 0.408. The van der Waals surface area contributed by atoms with Crippen molar-refractivity contribution in [2.24, 2.45) is 0 Å². The van der Waals surface area contributed by atoms with Crippen LogP contribution in [0.4, 0.5) is 8.92 Å². The van der Waals surface area contributed by atoms with Gasteiger partial charge in [0.25, 0.3) is 0 Å². The lowest BCUT2D eigenvalue weighted by Crippen LogP contribution is -2.32. The summed E-state index contributed by atoms with van der Waals surface area (Å²) in [6.45, 7) is 0. The standard InChI is InChI=1S/C20H12O5.CH2F2O3S/c21-11-5-7-15-17(9-11)24-18-10-12(22)6-8-16(18)20(15)14-4-2-1-3-13(14)19(23)25-20;2-1-7(4,5)6-3/h1-10,21-22H;1H2. The predicted molar refractivity (Wildman–Crippen MR) is 105 cm³/mol. The molecule has 8 nitrogen and oxygen atoms in total. The molecule has 0 aromatic heterocycles. The molecule has 0 saturated carbocycles. The number of aromatic hydroxyl groups is 2. The maximum absolute atomic E-state index is 12.5. The van der Waals surface area contributed by atoms with Gasteiger partial charge in [-0.25, -0.2) is 9.18 Å². The van der Waals surface area contributed by atoms with Gasteiger partial charge in [0.15, 0.2) is 5.60 Å². The first-order valence-corrected chi connectivity index (χ1v) is 10.6. The monoisotopic (exact) mass is 464 g/mol. The summed E-state index contributed by atoms with van der Waals surface area (Å²) in [5.41, 5.74) is 1.28. The second-order valence-corrected chi connectivity index (χ2v) is 8.27. The van der Waals surface area contributed by atoms with Crippen LogP contribution in [-0.2, 0) is 24.8 Å². The minimum atomic E-state index is -4.49. The van der Waals surface area contributed by atoms with Gasteiger partial charge < -0.3 is 19.7 Å². The SMILES string of the molecule is O=C1OC2(c3ccc(O)cc3Oc3cc(O)ccc32)c2ccccc21.O=S(=O)(CF)OF. The third-order valence-corrected chi connectivity index (χ3v) is 5.37. The fraction of sp³-hybridized carbons (Fsp3) is 0.0952. The van der Waals surface area contributed by atoms with E-state index in [9.17, 15) is 32.3 Å². The number of phenols is 2. The van der Waals surface area contributed by atoms with Crippen molar-refractivity contribution in [3.63, 3.8) is 0 Å². The van der Waals surface area contributed by atoms with E-state index in [1.165, 1.54) is 24.3 Å². The van der Waals surface area contributed by atoms with Gasteiger partial charge in [0.05, 0.1) is 5.56 Å². The molecule has 3 aromatic rings. The van der Waals surface area contributed by atoms with Crippen LogP contribution in [0.3, 0.4) is 0 Å². The Balaban J connectivity index is 0.000000307. The van der Waals surface area contributed by atoms with Gasteiger partial charge in [0.2, 0.25) is 6.01 Å². The van der Waals surface area contributed by atoms with Crippen LogP contribution in [-0.4, -0.2) is 30.6 Å². The number of fused-ring (bicyclic) bond motifs is 6. The molecule has 11 heteroatoms.